The summed E-state index contributed by atoms with van der Waals surface area (Å²) in [6.07, 6.45) is 3.16. The van der Waals surface area contributed by atoms with Crippen LogP contribution in [0.4, 0.5) is 14.5 Å². The summed E-state index contributed by atoms with van der Waals surface area (Å²) in [7, 11) is -7.63. The maximum Gasteiger partial charge on any atom is 0.356 e. The van der Waals surface area contributed by atoms with Gasteiger partial charge in [0, 0.05) is 52.8 Å². The molecule has 5 aromatic heterocycles. The highest BCUT2D eigenvalue weighted by Gasteiger charge is 2.31. The van der Waals surface area contributed by atoms with Gasteiger partial charge >= 0.3 is 11.3 Å². The minimum atomic E-state index is -3.87. The summed E-state index contributed by atoms with van der Waals surface area (Å²) in [5.74, 6) is -0.672. The summed E-state index contributed by atoms with van der Waals surface area (Å²) in [6, 6.07) is 27.6. The minimum absolute atomic E-state index is 0.0205. The fourth-order valence-corrected chi connectivity index (χ4v) is 10.6. The molecule has 0 spiro atoms. The molecular weight excluding hydrogens is 1070 g/mol. The maximum atomic E-state index is 13.2. The Kier molecular flexibility index (Phi) is 15.9. The summed E-state index contributed by atoms with van der Waals surface area (Å²) in [6.45, 7) is 6.69. The third-order valence-electron chi connectivity index (χ3n) is 11.4. The van der Waals surface area contributed by atoms with E-state index in [1.165, 1.54) is 33.1 Å². The summed E-state index contributed by atoms with van der Waals surface area (Å²) in [5.41, 5.74) is 1.80. The molecule has 1 fully saturated rings. The fourth-order valence-electron chi connectivity index (χ4n) is 7.78. The highest BCUT2D eigenvalue weighted by atomic mass is 79.9. The molecule has 0 atom stereocenters. The Labute approximate surface area is 429 Å². The zero-order valence-electron chi connectivity index (χ0n) is 39.8. The number of sulfonamides is 2. The van der Waals surface area contributed by atoms with Crippen molar-refractivity contribution in [1.82, 2.24) is 47.5 Å². The van der Waals surface area contributed by atoms with E-state index in [0.29, 0.717) is 42.4 Å². The van der Waals surface area contributed by atoms with Gasteiger partial charge in [-0.15, -0.1) is 5.10 Å². The highest BCUT2D eigenvalue weighted by Crippen LogP contribution is 2.23. The van der Waals surface area contributed by atoms with Gasteiger partial charge in [0.2, 0.25) is 26.0 Å². The van der Waals surface area contributed by atoms with Gasteiger partial charge in [-0.3, -0.25) is 23.4 Å². The average molecular weight is 1120 g/mol. The van der Waals surface area contributed by atoms with Crippen LogP contribution in [0, 0.1) is 25.5 Å². The fraction of sp³-hybridized carbons (Fsp3) is 0.224. The molecule has 1 aliphatic heterocycles. The zero-order valence-corrected chi connectivity index (χ0v) is 43.0. The second-order valence-corrected chi connectivity index (χ2v) is 21.4. The number of halogens is 3. The van der Waals surface area contributed by atoms with Gasteiger partial charge in [-0.25, -0.2) is 49.4 Å². The molecule has 0 unspecified atom stereocenters. The molecule has 74 heavy (non-hydrogen) atoms. The van der Waals surface area contributed by atoms with Crippen LogP contribution in [0.25, 0.3) is 27.8 Å². The number of aryl methyl sites for hydroxylation is 3. The van der Waals surface area contributed by atoms with Crippen molar-refractivity contribution >= 4 is 75.4 Å². The van der Waals surface area contributed by atoms with Crippen molar-refractivity contribution in [3.63, 3.8) is 0 Å². The van der Waals surface area contributed by atoms with Crippen LogP contribution in [0.15, 0.2) is 148 Å². The molecule has 10 rings (SSSR count). The van der Waals surface area contributed by atoms with Crippen molar-refractivity contribution in [2.24, 2.45) is 0 Å². The summed E-state index contributed by atoms with van der Waals surface area (Å²) in [5, 5.41) is 11.6. The lowest BCUT2D eigenvalue weighted by Crippen LogP contribution is -2.41. The molecule has 0 aliphatic carbocycles. The Balaban J connectivity index is 0.000000152. The van der Waals surface area contributed by atoms with Gasteiger partial charge in [0.05, 0.1) is 23.5 Å². The summed E-state index contributed by atoms with van der Waals surface area (Å²) in [4.78, 5) is 58.8. The van der Waals surface area contributed by atoms with Crippen LogP contribution in [0.3, 0.4) is 0 Å². The molecule has 6 heterocycles. The number of carbonyl (C=O) groups excluding carboxylic acids is 1. The smallest absolute Gasteiger partial charge is 0.356 e. The molecule has 0 saturated carbocycles. The minimum Gasteiger partial charge on any atom is -0.422 e. The molecule has 0 radical (unpaired) electrons. The first kappa shape index (κ1) is 52.7. The number of anilines is 1. The number of hydrogen-bond acceptors (Lipinski definition) is 13. The molecule has 0 bridgehead atoms. The molecule has 4 aromatic carbocycles. The molecule has 2 N–H and O–H groups in total. The Bertz CT molecular complexity index is 3960. The number of fused-ring (bicyclic) bond motifs is 3. The highest BCUT2D eigenvalue weighted by molar-refractivity contribution is 9.10. The van der Waals surface area contributed by atoms with Gasteiger partial charge in [-0.1, -0.05) is 46.3 Å². The van der Waals surface area contributed by atoms with Gasteiger partial charge in [0.1, 0.15) is 23.8 Å². The molecule has 20 nitrogen and oxygen atoms in total. The van der Waals surface area contributed by atoms with Crippen LogP contribution >= 0.6 is 15.9 Å². The van der Waals surface area contributed by atoms with Crippen LogP contribution in [0.1, 0.15) is 42.5 Å². The van der Waals surface area contributed by atoms with Crippen molar-refractivity contribution in [3.05, 3.63) is 186 Å². The maximum absolute atomic E-state index is 13.2. The third kappa shape index (κ3) is 12.1. The second-order valence-electron chi connectivity index (χ2n) is 16.8. The standard InChI is InChI=1S/C22H20BrN5O3.C14H14FN5O2S.C13H12FNO4S/c1-2-26-13-18-20(25-26)21(30)28(12-15-6-4-3-5-7-15)22(31)27(18)14-19(29)24-17-10-8-16(23)9-11-17;1-9-7-10(2)20-14(17-9)18-13(19-20)8-16-23(21,22)12-5-3-11(15)4-6-12;14-10-3-4-11-9(7-10)8-12(13(16)19-11)20(17,18)15-5-1-2-6-15/h3-11,13H,2,12,14H2,1H3,(H,24,29);3-7,16H,8H2,1-2H3;3-4,7-8H,1-2,5-6H2. The molecule has 1 saturated heterocycles. The van der Waals surface area contributed by atoms with Crippen molar-refractivity contribution in [1.29, 1.82) is 0 Å². The Morgan fingerprint density at radius 2 is 1.50 bits per heavy atom. The van der Waals surface area contributed by atoms with E-state index in [-0.39, 0.29) is 46.9 Å². The lowest BCUT2D eigenvalue weighted by atomic mass is 10.2. The Hall–Kier alpha value is -7.58. The van der Waals surface area contributed by atoms with Gasteiger partial charge < -0.3 is 9.73 Å². The molecular formula is C49H46BrF2N11O9S2. The lowest BCUT2D eigenvalue weighted by molar-refractivity contribution is -0.116. The molecule has 1 aliphatic rings. The van der Waals surface area contributed by atoms with E-state index in [9.17, 15) is 44.8 Å². The topological polar surface area (TPSA) is 248 Å². The van der Waals surface area contributed by atoms with Crippen LogP contribution in [0.2, 0.25) is 0 Å². The summed E-state index contributed by atoms with van der Waals surface area (Å²) >= 11 is 3.35. The largest absolute Gasteiger partial charge is 0.422 e. The van der Waals surface area contributed by atoms with Crippen molar-refractivity contribution in [3.8, 4) is 0 Å². The normalized spacial score (nSPS) is 12.9. The van der Waals surface area contributed by atoms with E-state index < -0.39 is 53.5 Å². The number of rotatable bonds is 12. The van der Waals surface area contributed by atoms with Crippen LogP contribution in [0.5, 0.6) is 0 Å². The van der Waals surface area contributed by atoms with Crippen LogP contribution in [-0.2, 0) is 51.0 Å². The lowest BCUT2D eigenvalue weighted by Gasteiger charge is -2.14. The molecule has 9 aromatic rings. The Morgan fingerprint density at radius 1 is 0.811 bits per heavy atom. The van der Waals surface area contributed by atoms with E-state index in [4.69, 9.17) is 4.42 Å². The predicted molar refractivity (Wildman–Crippen MR) is 273 cm³/mol. The quantitative estimate of drug-likeness (QED) is 0.135. The number of benzene rings is 4. The van der Waals surface area contributed by atoms with Gasteiger partial charge in [-0.05, 0) is 118 Å². The number of nitrogens with one attached hydrogen (secondary N) is 2. The van der Waals surface area contributed by atoms with E-state index in [0.717, 1.165) is 63.1 Å². The third-order valence-corrected chi connectivity index (χ3v) is 15.3. The predicted octanol–water partition coefficient (Wildman–Crippen LogP) is 5.90. The van der Waals surface area contributed by atoms with E-state index >= 15 is 0 Å². The van der Waals surface area contributed by atoms with Gasteiger partial charge in [0.25, 0.3) is 11.3 Å². The van der Waals surface area contributed by atoms with Crippen molar-refractivity contribution in [2.45, 2.75) is 69.6 Å². The Morgan fingerprint density at radius 3 is 2.19 bits per heavy atom. The van der Waals surface area contributed by atoms with Gasteiger partial charge in [-0.2, -0.15) is 14.4 Å². The number of amides is 1. The van der Waals surface area contributed by atoms with Crippen molar-refractivity contribution in [2.75, 3.05) is 18.4 Å². The SMILES string of the molecule is CCn1cc2c(n1)c(=O)n(Cc1ccccc1)c(=O)n2CC(=O)Nc1ccc(Br)cc1.Cc1cc(C)n2nc(CNS(=O)(=O)c3ccc(F)cc3)nc2n1.O=c1oc2ccc(F)cc2cc1S(=O)(=O)N1CCCC1. The number of aromatic nitrogens is 8. The van der Waals surface area contributed by atoms with E-state index in [1.807, 2.05) is 69.3 Å². The number of carbonyl (C=O) groups is 1. The van der Waals surface area contributed by atoms with Crippen LogP contribution in [-0.4, -0.2) is 78.6 Å². The van der Waals surface area contributed by atoms with Gasteiger partial charge in [0.15, 0.2) is 16.2 Å². The first-order valence-corrected chi connectivity index (χ1v) is 26.5. The molecule has 384 valence electrons. The second kappa shape index (κ2) is 22.3. The first-order valence-electron chi connectivity index (χ1n) is 22.8. The monoisotopic (exact) mass is 1110 g/mol. The zero-order chi connectivity index (χ0) is 52.9. The first-order chi connectivity index (χ1) is 35.3. The summed E-state index contributed by atoms with van der Waals surface area (Å²) < 4.78 is 90.1. The number of hydrogen-bond donors (Lipinski definition) is 2. The van der Waals surface area contributed by atoms with E-state index in [2.05, 4.69) is 46.1 Å². The molecule has 1 amide bonds. The van der Waals surface area contributed by atoms with Crippen LogP contribution < -0.4 is 26.9 Å². The average Bonchev–Trinajstić information content (AvgIpc) is 4.17. The number of nitrogens with zero attached hydrogens (tertiary/aromatic N) is 9. The van der Waals surface area contributed by atoms with E-state index in [1.54, 1.807) is 27.5 Å². The molecule has 25 heteroatoms. The van der Waals surface area contributed by atoms with Crippen molar-refractivity contribution < 1.29 is 34.8 Å².